The molecule has 0 spiro atoms. The van der Waals surface area contributed by atoms with Crippen molar-refractivity contribution in [1.29, 1.82) is 0 Å². The summed E-state index contributed by atoms with van der Waals surface area (Å²) >= 11 is 0. The summed E-state index contributed by atoms with van der Waals surface area (Å²) in [5.74, 6) is 0.970. The van der Waals surface area contributed by atoms with E-state index in [0.29, 0.717) is 0 Å². The molecule has 1 unspecified atom stereocenters. The molecule has 5 nitrogen and oxygen atoms in total. The summed E-state index contributed by atoms with van der Waals surface area (Å²) in [6.07, 6.45) is 5.26. The molecule has 0 radical (unpaired) electrons. The molecular formula is C27H26N4O. The van der Waals surface area contributed by atoms with Gasteiger partial charge in [0, 0.05) is 18.7 Å². The van der Waals surface area contributed by atoms with E-state index in [4.69, 9.17) is 4.98 Å². The van der Waals surface area contributed by atoms with Crippen molar-refractivity contribution in [3.8, 4) is 0 Å². The summed E-state index contributed by atoms with van der Waals surface area (Å²) in [6.45, 7) is 2.72. The molecule has 2 aliphatic rings. The first-order valence-electron chi connectivity index (χ1n) is 11.5. The fourth-order valence-electron chi connectivity index (χ4n) is 5.05. The van der Waals surface area contributed by atoms with Gasteiger partial charge in [-0.3, -0.25) is 4.79 Å². The zero-order valence-electron chi connectivity index (χ0n) is 18.0. The van der Waals surface area contributed by atoms with Gasteiger partial charge in [0.1, 0.15) is 5.82 Å². The van der Waals surface area contributed by atoms with Gasteiger partial charge in [-0.05, 0) is 78.0 Å². The lowest BCUT2D eigenvalue weighted by atomic mass is 9.96. The van der Waals surface area contributed by atoms with E-state index >= 15 is 0 Å². The van der Waals surface area contributed by atoms with Crippen LogP contribution in [0.2, 0.25) is 0 Å². The number of hydrogen-bond donors (Lipinski definition) is 2. The van der Waals surface area contributed by atoms with Crippen LogP contribution in [0.1, 0.15) is 47.1 Å². The monoisotopic (exact) mass is 422 g/mol. The first-order chi connectivity index (χ1) is 15.8. The maximum Gasteiger partial charge on any atom is 0.254 e. The number of hydrogen-bond acceptors (Lipinski definition) is 3. The number of fused-ring (bicyclic) bond motifs is 2. The molecule has 160 valence electrons. The minimum atomic E-state index is -0.000166. The number of carbonyl (C=O) groups excluding carboxylic acids is 1. The molecule has 0 bridgehead atoms. The van der Waals surface area contributed by atoms with Crippen LogP contribution in [-0.2, 0) is 0 Å². The Morgan fingerprint density at radius 1 is 1.03 bits per heavy atom. The van der Waals surface area contributed by atoms with Crippen LogP contribution >= 0.6 is 0 Å². The third-order valence-electron chi connectivity index (χ3n) is 6.76. The molecule has 6 rings (SSSR count). The van der Waals surface area contributed by atoms with Crippen molar-refractivity contribution in [2.75, 3.05) is 19.6 Å². The minimum Gasteiger partial charge on any atom is -0.340 e. The molecule has 5 heteroatoms. The largest absolute Gasteiger partial charge is 0.340 e. The van der Waals surface area contributed by atoms with E-state index in [-0.39, 0.29) is 11.9 Å². The topological polar surface area (TPSA) is 61.0 Å². The highest BCUT2D eigenvalue weighted by Crippen LogP contribution is 2.33. The highest BCUT2D eigenvalue weighted by Gasteiger charge is 2.32. The van der Waals surface area contributed by atoms with Crippen LogP contribution in [0.15, 0.2) is 66.7 Å². The Kier molecular flexibility index (Phi) is 4.76. The van der Waals surface area contributed by atoms with Crippen molar-refractivity contribution in [2.24, 2.45) is 0 Å². The molecule has 2 aliphatic heterocycles. The number of rotatable bonds is 3. The van der Waals surface area contributed by atoms with Gasteiger partial charge in [-0.15, -0.1) is 0 Å². The van der Waals surface area contributed by atoms with Crippen LogP contribution in [-0.4, -0.2) is 40.4 Å². The lowest BCUT2D eigenvalue weighted by Crippen LogP contribution is -2.31. The SMILES string of the molecule is O=C(c1ccc2cc(C3=CCNCC3)ccc2c1)N1CCCC1c1nc2ccccc2[nH]1. The van der Waals surface area contributed by atoms with Gasteiger partial charge in [-0.2, -0.15) is 0 Å². The van der Waals surface area contributed by atoms with Gasteiger partial charge in [-0.1, -0.05) is 36.4 Å². The van der Waals surface area contributed by atoms with Gasteiger partial charge in [0.15, 0.2) is 0 Å². The molecule has 32 heavy (non-hydrogen) atoms. The number of H-pyrrole nitrogens is 1. The first-order valence-corrected chi connectivity index (χ1v) is 11.5. The predicted molar refractivity (Wildman–Crippen MR) is 129 cm³/mol. The summed E-state index contributed by atoms with van der Waals surface area (Å²) in [7, 11) is 0. The van der Waals surface area contributed by atoms with E-state index in [1.165, 1.54) is 16.5 Å². The van der Waals surface area contributed by atoms with Crippen molar-refractivity contribution in [3.05, 3.63) is 83.7 Å². The maximum absolute atomic E-state index is 13.5. The van der Waals surface area contributed by atoms with Crippen LogP contribution < -0.4 is 5.32 Å². The second kappa shape index (κ2) is 7.92. The van der Waals surface area contributed by atoms with Gasteiger partial charge < -0.3 is 15.2 Å². The third kappa shape index (κ3) is 3.39. The van der Waals surface area contributed by atoms with Gasteiger partial charge in [0.05, 0.1) is 17.1 Å². The van der Waals surface area contributed by atoms with Gasteiger partial charge >= 0.3 is 0 Å². The van der Waals surface area contributed by atoms with E-state index in [1.54, 1.807) is 0 Å². The third-order valence-corrected chi connectivity index (χ3v) is 6.76. The molecule has 4 aromatic rings. The molecule has 1 fully saturated rings. The number of likely N-dealkylation sites (tertiary alicyclic amines) is 1. The summed E-state index contributed by atoms with van der Waals surface area (Å²) in [4.78, 5) is 23.6. The smallest absolute Gasteiger partial charge is 0.254 e. The van der Waals surface area contributed by atoms with Crippen molar-refractivity contribution >= 4 is 33.3 Å². The molecule has 0 aliphatic carbocycles. The van der Waals surface area contributed by atoms with Crippen LogP contribution in [0.4, 0.5) is 0 Å². The minimum absolute atomic E-state index is 0.000166. The lowest BCUT2D eigenvalue weighted by Gasteiger charge is -2.23. The van der Waals surface area contributed by atoms with Crippen LogP contribution in [0.3, 0.4) is 0 Å². The number of aromatic nitrogens is 2. The molecule has 1 aromatic heterocycles. The first kappa shape index (κ1) is 19.3. The molecular weight excluding hydrogens is 396 g/mol. The molecule has 3 heterocycles. The Labute approximate surface area is 187 Å². The Morgan fingerprint density at radius 3 is 2.78 bits per heavy atom. The fraction of sp³-hybridized carbons (Fsp3) is 0.259. The van der Waals surface area contributed by atoms with E-state index in [2.05, 4.69) is 40.6 Å². The normalized spacial score (nSPS) is 18.9. The number of nitrogens with zero attached hydrogens (tertiary/aromatic N) is 2. The average Bonchev–Trinajstić information content (AvgIpc) is 3.50. The number of carbonyl (C=O) groups is 1. The Bertz CT molecular complexity index is 1320. The van der Waals surface area contributed by atoms with Crippen molar-refractivity contribution in [1.82, 2.24) is 20.2 Å². The lowest BCUT2D eigenvalue weighted by molar-refractivity contribution is 0.0730. The number of nitrogens with one attached hydrogen (secondary N) is 2. The Hall–Kier alpha value is -3.44. The molecule has 3 aromatic carbocycles. The van der Waals surface area contributed by atoms with E-state index in [9.17, 15) is 4.79 Å². The zero-order valence-corrected chi connectivity index (χ0v) is 18.0. The maximum atomic E-state index is 13.5. The quantitative estimate of drug-likeness (QED) is 0.485. The highest BCUT2D eigenvalue weighted by atomic mass is 16.2. The van der Waals surface area contributed by atoms with Crippen LogP contribution in [0.25, 0.3) is 27.4 Å². The van der Waals surface area contributed by atoms with Crippen LogP contribution in [0.5, 0.6) is 0 Å². The second-order valence-corrected chi connectivity index (χ2v) is 8.76. The summed E-state index contributed by atoms with van der Waals surface area (Å²) < 4.78 is 0. The molecule has 2 N–H and O–H groups in total. The molecule has 1 amide bonds. The van der Waals surface area contributed by atoms with Crippen molar-refractivity contribution in [3.63, 3.8) is 0 Å². The second-order valence-electron chi connectivity index (χ2n) is 8.76. The summed E-state index contributed by atoms with van der Waals surface area (Å²) in [5, 5.41) is 5.65. The standard InChI is InChI=1S/C27H26N4O/c32-27(31-15-3-6-25(31)26-29-23-4-1-2-5-24(23)30-26)22-10-9-20-16-19(7-8-21(20)17-22)18-11-13-28-14-12-18/h1-2,4-5,7-11,16-17,25,28H,3,6,12-15H2,(H,29,30). The van der Waals surface area contributed by atoms with Crippen molar-refractivity contribution < 1.29 is 4.79 Å². The van der Waals surface area contributed by atoms with E-state index < -0.39 is 0 Å². The zero-order chi connectivity index (χ0) is 21.5. The van der Waals surface area contributed by atoms with Gasteiger partial charge in [-0.25, -0.2) is 4.98 Å². The fourth-order valence-corrected chi connectivity index (χ4v) is 5.05. The molecule has 0 saturated carbocycles. The Balaban J connectivity index is 1.29. The molecule has 1 atom stereocenters. The van der Waals surface area contributed by atoms with Crippen LogP contribution in [0, 0.1) is 0 Å². The number of imidazole rings is 1. The number of amides is 1. The van der Waals surface area contributed by atoms with Gasteiger partial charge in [0.25, 0.3) is 5.91 Å². The summed E-state index contributed by atoms with van der Waals surface area (Å²) in [6, 6.07) is 20.7. The van der Waals surface area contributed by atoms with Gasteiger partial charge in [0.2, 0.25) is 0 Å². The summed E-state index contributed by atoms with van der Waals surface area (Å²) in [5.41, 5.74) is 5.40. The predicted octanol–water partition coefficient (Wildman–Crippen LogP) is 5.07. The highest BCUT2D eigenvalue weighted by molar-refractivity contribution is 5.99. The van der Waals surface area contributed by atoms with E-state index in [1.807, 2.05) is 41.3 Å². The number of benzene rings is 3. The molecule has 1 saturated heterocycles. The van der Waals surface area contributed by atoms with Crippen molar-refractivity contribution in [2.45, 2.75) is 25.3 Å². The average molecular weight is 423 g/mol. The van der Waals surface area contributed by atoms with E-state index in [0.717, 1.165) is 66.7 Å². The number of aromatic amines is 1. The number of para-hydroxylation sites is 2. The Morgan fingerprint density at radius 2 is 1.91 bits per heavy atom.